The number of rotatable bonds is 0. The standard InChI is InChI=1S/C6H6N4O/c1-3-9-5-4(11-3)2-8-6(7)10-5/h2H,1H3,(H2,7,8,10). The zero-order valence-electron chi connectivity index (χ0n) is 5.90. The third-order valence-electron chi connectivity index (χ3n) is 1.28. The van der Waals surface area contributed by atoms with Gasteiger partial charge in [0.1, 0.15) is 0 Å². The topological polar surface area (TPSA) is 77.8 Å². The maximum Gasteiger partial charge on any atom is 0.222 e. The third-order valence-corrected chi connectivity index (χ3v) is 1.28. The molecule has 2 rings (SSSR count). The summed E-state index contributed by atoms with van der Waals surface area (Å²) in [5.74, 6) is 0.783. The Morgan fingerprint density at radius 2 is 2.27 bits per heavy atom. The van der Waals surface area contributed by atoms with Gasteiger partial charge in [-0.3, -0.25) is 0 Å². The van der Waals surface area contributed by atoms with Crippen molar-refractivity contribution in [3.05, 3.63) is 12.1 Å². The summed E-state index contributed by atoms with van der Waals surface area (Å²) in [6, 6.07) is 0. The van der Waals surface area contributed by atoms with Crippen LogP contribution in [-0.2, 0) is 0 Å². The minimum Gasteiger partial charge on any atom is -0.438 e. The van der Waals surface area contributed by atoms with Gasteiger partial charge in [-0.2, -0.15) is 9.97 Å². The molecule has 0 aliphatic heterocycles. The van der Waals surface area contributed by atoms with Gasteiger partial charge >= 0.3 is 0 Å². The van der Waals surface area contributed by atoms with Crippen LogP contribution in [0.4, 0.5) is 5.95 Å². The zero-order chi connectivity index (χ0) is 7.84. The molecular weight excluding hydrogens is 144 g/mol. The second-order valence-corrected chi connectivity index (χ2v) is 2.15. The fraction of sp³-hybridized carbons (Fsp3) is 0.167. The molecule has 0 aromatic carbocycles. The van der Waals surface area contributed by atoms with Crippen molar-refractivity contribution in [1.82, 2.24) is 15.0 Å². The number of oxazole rings is 1. The summed E-state index contributed by atoms with van der Waals surface area (Å²) in [4.78, 5) is 11.6. The number of aromatic nitrogens is 3. The monoisotopic (exact) mass is 150 g/mol. The Hall–Kier alpha value is -1.65. The number of nitrogens with two attached hydrogens (primary N) is 1. The maximum absolute atomic E-state index is 5.33. The Balaban J connectivity index is 2.82. The molecule has 0 spiro atoms. The van der Waals surface area contributed by atoms with Gasteiger partial charge in [-0.15, -0.1) is 0 Å². The van der Waals surface area contributed by atoms with E-state index in [1.54, 1.807) is 6.92 Å². The zero-order valence-corrected chi connectivity index (χ0v) is 5.90. The van der Waals surface area contributed by atoms with Crippen molar-refractivity contribution < 1.29 is 4.42 Å². The van der Waals surface area contributed by atoms with E-state index >= 15 is 0 Å². The molecule has 0 amide bonds. The molecule has 2 aromatic rings. The molecule has 11 heavy (non-hydrogen) atoms. The van der Waals surface area contributed by atoms with Gasteiger partial charge in [0, 0.05) is 6.92 Å². The summed E-state index contributed by atoms with van der Waals surface area (Å²) >= 11 is 0. The van der Waals surface area contributed by atoms with E-state index in [9.17, 15) is 0 Å². The molecule has 0 bridgehead atoms. The molecule has 2 heterocycles. The van der Waals surface area contributed by atoms with Crippen molar-refractivity contribution in [2.24, 2.45) is 0 Å². The summed E-state index contributed by atoms with van der Waals surface area (Å²) in [5, 5.41) is 0. The largest absolute Gasteiger partial charge is 0.438 e. The Labute approximate surface area is 62.3 Å². The molecule has 5 heteroatoms. The predicted molar refractivity (Wildman–Crippen MR) is 38.7 cm³/mol. The van der Waals surface area contributed by atoms with Crippen LogP contribution in [-0.4, -0.2) is 15.0 Å². The van der Waals surface area contributed by atoms with Gasteiger partial charge in [0.05, 0.1) is 6.20 Å². The Bertz CT molecular complexity index is 394. The van der Waals surface area contributed by atoms with Gasteiger partial charge in [0.15, 0.2) is 11.5 Å². The predicted octanol–water partition coefficient (Wildman–Crippen LogP) is 0.508. The van der Waals surface area contributed by atoms with Crippen LogP contribution in [0.3, 0.4) is 0 Å². The van der Waals surface area contributed by atoms with Crippen molar-refractivity contribution in [2.45, 2.75) is 6.92 Å². The molecule has 0 aliphatic rings. The van der Waals surface area contributed by atoms with E-state index in [2.05, 4.69) is 15.0 Å². The molecule has 5 nitrogen and oxygen atoms in total. The molecule has 0 atom stereocenters. The SMILES string of the molecule is Cc1nc2nc(N)ncc2o1. The number of nitrogen functional groups attached to an aromatic ring is 1. The Morgan fingerprint density at radius 3 is 3.09 bits per heavy atom. The van der Waals surface area contributed by atoms with E-state index in [1.807, 2.05) is 0 Å². The quantitative estimate of drug-likeness (QED) is 0.591. The van der Waals surface area contributed by atoms with Crippen molar-refractivity contribution in [2.75, 3.05) is 5.73 Å². The van der Waals surface area contributed by atoms with E-state index in [0.29, 0.717) is 17.1 Å². The molecule has 0 saturated heterocycles. The average Bonchev–Trinajstić information content (AvgIpc) is 2.27. The molecule has 0 unspecified atom stereocenters. The first-order valence-corrected chi connectivity index (χ1v) is 3.11. The normalized spacial score (nSPS) is 10.6. The average molecular weight is 150 g/mol. The van der Waals surface area contributed by atoms with E-state index in [1.165, 1.54) is 6.20 Å². The van der Waals surface area contributed by atoms with Gasteiger partial charge in [-0.05, 0) is 0 Å². The molecule has 0 aliphatic carbocycles. The minimum absolute atomic E-state index is 0.214. The van der Waals surface area contributed by atoms with E-state index < -0.39 is 0 Å². The summed E-state index contributed by atoms with van der Waals surface area (Å²) < 4.78 is 5.13. The highest BCUT2D eigenvalue weighted by Gasteiger charge is 2.02. The Morgan fingerprint density at radius 1 is 1.45 bits per heavy atom. The lowest BCUT2D eigenvalue weighted by molar-refractivity contribution is 0.560. The van der Waals surface area contributed by atoms with E-state index in [-0.39, 0.29) is 5.95 Å². The van der Waals surface area contributed by atoms with Crippen LogP contribution in [0.1, 0.15) is 5.89 Å². The smallest absolute Gasteiger partial charge is 0.222 e. The number of hydrogen-bond donors (Lipinski definition) is 1. The van der Waals surface area contributed by atoms with Crippen molar-refractivity contribution in [3.63, 3.8) is 0 Å². The first-order valence-electron chi connectivity index (χ1n) is 3.11. The molecule has 2 aromatic heterocycles. The van der Waals surface area contributed by atoms with Gasteiger partial charge < -0.3 is 10.2 Å². The molecule has 0 saturated carbocycles. The summed E-state index contributed by atoms with van der Waals surface area (Å²) in [6.07, 6.45) is 1.51. The van der Waals surface area contributed by atoms with E-state index in [0.717, 1.165) is 0 Å². The fourth-order valence-electron chi connectivity index (χ4n) is 0.858. The number of nitrogens with zero attached hydrogens (tertiary/aromatic N) is 3. The van der Waals surface area contributed by atoms with Crippen molar-refractivity contribution in [3.8, 4) is 0 Å². The first-order chi connectivity index (χ1) is 5.25. The fourth-order valence-corrected chi connectivity index (χ4v) is 0.858. The number of anilines is 1. The van der Waals surface area contributed by atoms with Crippen LogP contribution in [0.2, 0.25) is 0 Å². The van der Waals surface area contributed by atoms with E-state index in [4.69, 9.17) is 10.2 Å². The van der Waals surface area contributed by atoms with Crippen LogP contribution in [0, 0.1) is 6.92 Å². The summed E-state index contributed by atoms with van der Waals surface area (Å²) in [5.41, 5.74) is 6.40. The minimum atomic E-state index is 0.214. The number of hydrogen-bond acceptors (Lipinski definition) is 5. The van der Waals surface area contributed by atoms with Gasteiger partial charge in [0.2, 0.25) is 11.6 Å². The Kier molecular flexibility index (Phi) is 1.06. The lowest BCUT2D eigenvalue weighted by atomic mass is 10.6. The van der Waals surface area contributed by atoms with Crippen LogP contribution in [0.15, 0.2) is 10.6 Å². The van der Waals surface area contributed by atoms with Crippen LogP contribution in [0.5, 0.6) is 0 Å². The maximum atomic E-state index is 5.33. The molecular formula is C6H6N4O. The summed E-state index contributed by atoms with van der Waals surface area (Å²) in [7, 11) is 0. The lowest BCUT2D eigenvalue weighted by Gasteiger charge is -1.86. The highest BCUT2D eigenvalue weighted by atomic mass is 16.3. The lowest BCUT2D eigenvalue weighted by Crippen LogP contribution is -1.92. The second-order valence-electron chi connectivity index (χ2n) is 2.15. The first kappa shape index (κ1) is 6.09. The molecule has 2 N–H and O–H groups in total. The molecule has 56 valence electrons. The number of fused-ring (bicyclic) bond motifs is 1. The van der Waals surface area contributed by atoms with Gasteiger partial charge in [-0.1, -0.05) is 0 Å². The third kappa shape index (κ3) is 0.899. The number of aryl methyl sites for hydroxylation is 1. The highest BCUT2D eigenvalue weighted by Crippen LogP contribution is 2.11. The van der Waals surface area contributed by atoms with Crippen LogP contribution >= 0.6 is 0 Å². The van der Waals surface area contributed by atoms with Crippen molar-refractivity contribution in [1.29, 1.82) is 0 Å². The molecule has 0 fully saturated rings. The second kappa shape index (κ2) is 1.91. The van der Waals surface area contributed by atoms with Crippen LogP contribution < -0.4 is 5.73 Å². The van der Waals surface area contributed by atoms with Crippen LogP contribution in [0.25, 0.3) is 11.2 Å². The van der Waals surface area contributed by atoms with Crippen molar-refractivity contribution >= 4 is 17.2 Å². The van der Waals surface area contributed by atoms with Gasteiger partial charge in [-0.25, -0.2) is 4.98 Å². The summed E-state index contributed by atoms with van der Waals surface area (Å²) in [6.45, 7) is 1.75. The molecule has 0 radical (unpaired) electrons. The highest BCUT2D eigenvalue weighted by molar-refractivity contribution is 5.67. The van der Waals surface area contributed by atoms with Gasteiger partial charge in [0.25, 0.3) is 0 Å².